The van der Waals surface area contributed by atoms with E-state index in [0.717, 1.165) is 11.5 Å². The monoisotopic (exact) mass is 201 g/mol. The predicted octanol–water partition coefficient (Wildman–Crippen LogP) is -0.720. The van der Waals surface area contributed by atoms with Crippen LogP contribution in [0.3, 0.4) is 0 Å². The molecule has 0 saturated heterocycles. The summed E-state index contributed by atoms with van der Waals surface area (Å²) in [5.41, 5.74) is 0.562. The highest BCUT2D eigenvalue weighted by molar-refractivity contribution is 7.03. The van der Waals surface area contributed by atoms with Gasteiger partial charge in [0.1, 0.15) is 6.04 Å². The van der Waals surface area contributed by atoms with E-state index in [1.54, 1.807) is 5.38 Å². The molecule has 0 aromatic carbocycles. The van der Waals surface area contributed by atoms with E-state index in [2.05, 4.69) is 14.9 Å². The van der Waals surface area contributed by atoms with E-state index in [1.807, 2.05) is 0 Å². The number of rotatable bonds is 5. The summed E-state index contributed by atoms with van der Waals surface area (Å²) >= 11 is 1.14. The van der Waals surface area contributed by atoms with Crippen LogP contribution in [-0.2, 0) is 16.0 Å². The van der Waals surface area contributed by atoms with E-state index in [9.17, 15) is 9.59 Å². The largest absolute Gasteiger partial charge is 0.480 e. The quantitative estimate of drug-likeness (QED) is 0.613. The number of hydrogen-bond donors (Lipinski definition) is 2. The Kier molecular flexibility index (Phi) is 3.32. The molecule has 0 radical (unpaired) electrons. The standard InChI is InChI=1S/C6H7N3O3S/c10-3-7-5(6(11)12)1-4-2-13-9-8-4/h2-3,5H,1H2,(H,7,10)(H,11,12). The molecule has 0 aliphatic rings. The van der Waals surface area contributed by atoms with Gasteiger partial charge in [-0.1, -0.05) is 4.49 Å². The van der Waals surface area contributed by atoms with E-state index in [0.29, 0.717) is 12.1 Å². The fraction of sp³-hybridized carbons (Fsp3) is 0.333. The molecule has 0 bridgehead atoms. The van der Waals surface area contributed by atoms with Gasteiger partial charge in [-0.05, 0) is 11.5 Å². The Morgan fingerprint density at radius 1 is 1.85 bits per heavy atom. The SMILES string of the molecule is O=CNC(Cc1csnn1)C(=O)O. The molecule has 1 atom stereocenters. The molecule has 1 aromatic rings. The van der Waals surface area contributed by atoms with Crippen LogP contribution in [0.25, 0.3) is 0 Å². The van der Waals surface area contributed by atoms with Gasteiger partial charge in [0.15, 0.2) is 0 Å². The van der Waals surface area contributed by atoms with Crippen molar-refractivity contribution in [3.05, 3.63) is 11.1 Å². The first-order chi connectivity index (χ1) is 6.24. The Bertz CT molecular complexity index is 287. The summed E-state index contributed by atoms with van der Waals surface area (Å²) in [6.07, 6.45) is 0.517. The topological polar surface area (TPSA) is 92.2 Å². The minimum Gasteiger partial charge on any atom is -0.480 e. The van der Waals surface area contributed by atoms with Gasteiger partial charge in [0.25, 0.3) is 0 Å². The molecule has 0 aliphatic carbocycles. The fourth-order valence-electron chi connectivity index (χ4n) is 0.782. The zero-order chi connectivity index (χ0) is 9.68. The lowest BCUT2D eigenvalue weighted by Crippen LogP contribution is -2.37. The van der Waals surface area contributed by atoms with Crippen molar-refractivity contribution >= 4 is 23.9 Å². The van der Waals surface area contributed by atoms with Crippen molar-refractivity contribution in [1.29, 1.82) is 0 Å². The average Bonchev–Trinajstić information content (AvgIpc) is 2.56. The molecule has 0 spiro atoms. The van der Waals surface area contributed by atoms with Crippen LogP contribution >= 0.6 is 11.5 Å². The zero-order valence-electron chi connectivity index (χ0n) is 6.51. The van der Waals surface area contributed by atoms with Crippen molar-refractivity contribution in [3.8, 4) is 0 Å². The second-order valence-corrected chi connectivity index (χ2v) is 2.89. The number of amides is 1. The van der Waals surface area contributed by atoms with E-state index >= 15 is 0 Å². The summed E-state index contributed by atoms with van der Waals surface area (Å²) in [6, 6.07) is -0.929. The Balaban J connectivity index is 2.57. The van der Waals surface area contributed by atoms with Crippen molar-refractivity contribution in [3.63, 3.8) is 0 Å². The number of carboxylic acids is 1. The van der Waals surface area contributed by atoms with Crippen molar-refractivity contribution in [1.82, 2.24) is 14.9 Å². The number of aliphatic carboxylic acids is 1. The van der Waals surface area contributed by atoms with E-state index in [1.165, 1.54) is 0 Å². The first-order valence-electron chi connectivity index (χ1n) is 3.42. The normalized spacial score (nSPS) is 12.0. The molecule has 0 aliphatic heterocycles. The maximum absolute atomic E-state index is 10.5. The lowest BCUT2D eigenvalue weighted by molar-refractivity contribution is -0.140. The number of nitrogens with one attached hydrogen (secondary N) is 1. The lowest BCUT2D eigenvalue weighted by Gasteiger charge is -2.07. The fourth-order valence-corrected chi connectivity index (χ4v) is 1.25. The van der Waals surface area contributed by atoms with Crippen LogP contribution in [0, 0.1) is 0 Å². The highest BCUT2D eigenvalue weighted by atomic mass is 32.1. The summed E-state index contributed by atoms with van der Waals surface area (Å²) in [6.45, 7) is 0. The zero-order valence-corrected chi connectivity index (χ0v) is 7.32. The molecule has 13 heavy (non-hydrogen) atoms. The number of carbonyl (C=O) groups excluding carboxylic acids is 1. The van der Waals surface area contributed by atoms with Crippen molar-refractivity contribution in [2.75, 3.05) is 0 Å². The number of carboxylic acid groups (broad SMARTS) is 1. The molecule has 7 heteroatoms. The molecular formula is C6H7N3O3S. The summed E-state index contributed by atoms with van der Waals surface area (Å²) in [5.74, 6) is -1.08. The first-order valence-corrected chi connectivity index (χ1v) is 4.26. The number of hydrogen-bond acceptors (Lipinski definition) is 5. The smallest absolute Gasteiger partial charge is 0.326 e. The Morgan fingerprint density at radius 2 is 2.62 bits per heavy atom. The third-order valence-corrected chi connectivity index (χ3v) is 1.94. The molecule has 1 heterocycles. The molecule has 70 valence electrons. The summed E-state index contributed by atoms with van der Waals surface area (Å²) in [7, 11) is 0. The number of aromatic nitrogens is 2. The predicted molar refractivity (Wildman–Crippen MR) is 44.2 cm³/mol. The lowest BCUT2D eigenvalue weighted by atomic mass is 10.2. The van der Waals surface area contributed by atoms with Crippen LogP contribution in [0.5, 0.6) is 0 Å². The maximum atomic E-state index is 10.5. The maximum Gasteiger partial charge on any atom is 0.326 e. The van der Waals surface area contributed by atoms with Gasteiger partial charge < -0.3 is 10.4 Å². The highest BCUT2D eigenvalue weighted by Gasteiger charge is 2.17. The van der Waals surface area contributed by atoms with Gasteiger partial charge >= 0.3 is 5.97 Å². The number of nitrogens with zero attached hydrogens (tertiary/aromatic N) is 2. The molecular weight excluding hydrogens is 194 g/mol. The van der Waals surface area contributed by atoms with Crippen LogP contribution in [0.1, 0.15) is 5.69 Å². The van der Waals surface area contributed by atoms with Gasteiger partial charge in [0, 0.05) is 11.8 Å². The third kappa shape index (κ3) is 2.79. The van der Waals surface area contributed by atoms with Gasteiger partial charge in [0.2, 0.25) is 6.41 Å². The van der Waals surface area contributed by atoms with Crippen LogP contribution in [0.15, 0.2) is 5.38 Å². The molecule has 6 nitrogen and oxygen atoms in total. The second-order valence-electron chi connectivity index (χ2n) is 2.28. The minimum absolute atomic E-state index is 0.157. The molecule has 0 fully saturated rings. The van der Waals surface area contributed by atoms with Crippen molar-refractivity contribution < 1.29 is 14.7 Å². The molecule has 1 amide bonds. The van der Waals surface area contributed by atoms with Gasteiger partial charge in [-0.15, -0.1) is 5.10 Å². The third-order valence-electron chi connectivity index (χ3n) is 1.39. The molecule has 1 unspecified atom stereocenters. The average molecular weight is 201 g/mol. The van der Waals surface area contributed by atoms with Crippen molar-refractivity contribution in [2.45, 2.75) is 12.5 Å². The van der Waals surface area contributed by atoms with Gasteiger partial charge in [-0.2, -0.15) is 0 Å². The highest BCUT2D eigenvalue weighted by Crippen LogP contribution is 2.01. The summed E-state index contributed by atoms with van der Waals surface area (Å²) in [4.78, 5) is 20.6. The number of carbonyl (C=O) groups is 2. The van der Waals surface area contributed by atoms with E-state index in [-0.39, 0.29) is 6.42 Å². The molecule has 0 saturated carbocycles. The first kappa shape index (κ1) is 9.59. The van der Waals surface area contributed by atoms with E-state index in [4.69, 9.17) is 5.11 Å². The Morgan fingerprint density at radius 3 is 3.08 bits per heavy atom. The summed E-state index contributed by atoms with van der Waals surface area (Å²) < 4.78 is 3.58. The van der Waals surface area contributed by atoms with E-state index < -0.39 is 12.0 Å². The van der Waals surface area contributed by atoms with Gasteiger partial charge in [-0.3, -0.25) is 4.79 Å². The van der Waals surface area contributed by atoms with Crippen LogP contribution in [0.4, 0.5) is 0 Å². The van der Waals surface area contributed by atoms with Crippen molar-refractivity contribution in [2.24, 2.45) is 0 Å². The molecule has 1 rings (SSSR count). The Hall–Kier alpha value is -1.50. The van der Waals surface area contributed by atoms with Gasteiger partial charge in [-0.25, -0.2) is 4.79 Å². The van der Waals surface area contributed by atoms with Crippen LogP contribution in [0.2, 0.25) is 0 Å². The second kappa shape index (κ2) is 4.51. The molecule has 1 aromatic heterocycles. The van der Waals surface area contributed by atoms with Crippen LogP contribution in [-0.4, -0.2) is 33.1 Å². The van der Waals surface area contributed by atoms with Gasteiger partial charge in [0.05, 0.1) is 5.69 Å². The minimum atomic E-state index is -1.08. The molecule has 2 N–H and O–H groups in total. The van der Waals surface area contributed by atoms with Crippen LogP contribution < -0.4 is 5.32 Å². The summed E-state index contributed by atoms with van der Waals surface area (Å²) in [5, 5.41) is 16.1. The Labute approximate surface area is 77.7 Å².